The van der Waals surface area contributed by atoms with E-state index in [-0.39, 0.29) is 0 Å². The van der Waals surface area contributed by atoms with Crippen LogP contribution in [-0.4, -0.2) is 12.7 Å². The van der Waals surface area contributed by atoms with Crippen molar-refractivity contribution >= 4 is 0 Å². The molecule has 0 amide bonds. The van der Waals surface area contributed by atoms with Gasteiger partial charge in [-0.15, -0.1) is 0 Å². The molecule has 82 valence electrons. The third kappa shape index (κ3) is 1.96. The molecule has 0 aliphatic heterocycles. The van der Waals surface area contributed by atoms with Crippen LogP contribution in [0.15, 0.2) is 0 Å². The highest BCUT2D eigenvalue weighted by atomic mass is 15.0. The van der Waals surface area contributed by atoms with Gasteiger partial charge in [0.2, 0.25) is 0 Å². The number of fused-ring (bicyclic) bond motifs is 2. The van der Waals surface area contributed by atoms with Gasteiger partial charge in [-0.25, -0.2) is 0 Å². The lowest BCUT2D eigenvalue weighted by Gasteiger charge is -2.37. The normalized spacial score (nSPS) is 43.3. The summed E-state index contributed by atoms with van der Waals surface area (Å²) >= 11 is 0. The molecule has 2 bridgehead atoms. The molecule has 2 saturated carbocycles. The first-order chi connectivity index (χ1) is 6.83. The Hall–Kier alpha value is -0.0800. The summed E-state index contributed by atoms with van der Waals surface area (Å²) in [6.45, 7) is 3.11. The third-order valence-corrected chi connectivity index (χ3v) is 4.52. The fourth-order valence-corrected chi connectivity index (χ4v) is 3.68. The van der Waals surface area contributed by atoms with Gasteiger partial charge in [-0.2, -0.15) is 0 Å². The van der Waals surface area contributed by atoms with E-state index in [2.05, 4.69) is 12.2 Å². The molecule has 2 aliphatic rings. The van der Waals surface area contributed by atoms with Gasteiger partial charge in [0.15, 0.2) is 0 Å². The van der Waals surface area contributed by atoms with Gasteiger partial charge in [-0.3, -0.25) is 0 Å². The molecule has 3 unspecified atom stereocenters. The van der Waals surface area contributed by atoms with Crippen molar-refractivity contribution in [1.82, 2.24) is 5.32 Å². The predicted octanol–water partition coefficient (Wildman–Crippen LogP) is 2.10. The van der Waals surface area contributed by atoms with Gasteiger partial charge in [0.05, 0.1) is 0 Å². The Kier molecular flexibility index (Phi) is 3.45. The van der Waals surface area contributed by atoms with Gasteiger partial charge in [-0.05, 0) is 30.6 Å². The van der Waals surface area contributed by atoms with E-state index in [1.165, 1.54) is 38.5 Å². The average Bonchev–Trinajstić information content (AvgIpc) is 2.29. The third-order valence-electron chi connectivity index (χ3n) is 4.52. The maximum absolute atomic E-state index is 5.61. The molecule has 3 N–H and O–H groups in total. The van der Waals surface area contributed by atoms with Crippen LogP contribution in [0.2, 0.25) is 0 Å². The topological polar surface area (TPSA) is 38.0 Å². The fraction of sp³-hybridized carbons (Fsp3) is 1.00. The molecule has 2 aliphatic carbocycles. The van der Waals surface area contributed by atoms with Crippen molar-refractivity contribution in [3.8, 4) is 0 Å². The lowest BCUT2D eigenvalue weighted by atomic mass is 9.71. The second-order valence-corrected chi connectivity index (χ2v) is 5.16. The van der Waals surface area contributed by atoms with Crippen molar-refractivity contribution < 1.29 is 0 Å². The molecule has 0 aromatic rings. The van der Waals surface area contributed by atoms with Crippen molar-refractivity contribution in [2.45, 2.75) is 51.5 Å². The molecular formula is C12H24N2. The second kappa shape index (κ2) is 4.63. The summed E-state index contributed by atoms with van der Waals surface area (Å²) in [5.41, 5.74) is 5.61. The summed E-state index contributed by atoms with van der Waals surface area (Å²) in [7, 11) is 0. The SMILES string of the molecule is C[C@H]1C2CCCC(NCN)C1CCC2. The highest BCUT2D eigenvalue weighted by Gasteiger charge is 2.36. The minimum Gasteiger partial charge on any atom is -0.318 e. The molecule has 2 fully saturated rings. The van der Waals surface area contributed by atoms with Crippen LogP contribution in [0.5, 0.6) is 0 Å². The lowest BCUT2D eigenvalue weighted by molar-refractivity contribution is 0.146. The van der Waals surface area contributed by atoms with Crippen LogP contribution < -0.4 is 11.1 Å². The van der Waals surface area contributed by atoms with E-state index in [1.54, 1.807) is 0 Å². The van der Waals surface area contributed by atoms with Crippen LogP contribution in [0, 0.1) is 17.8 Å². The highest BCUT2D eigenvalue weighted by Crippen LogP contribution is 2.42. The summed E-state index contributed by atoms with van der Waals surface area (Å²) in [4.78, 5) is 0. The second-order valence-electron chi connectivity index (χ2n) is 5.16. The molecule has 0 aromatic heterocycles. The van der Waals surface area contributed by atoms with Gasteiger partial charge in [0.1, 0.15) is 0 Å². The Morgan fingerprint density at radius 3 is 2.57 bits per heavy atom. The molecule has 14 heavy (non-hydrogen) atoms. The van der Waals surface area contributed by atoms with Crippen molar-refractivity contribution in [3.63, 3.8) is 0 Å². The van der Waals surface area contributed by atoms with E-state index < -0.39 is 0 Å². The smallest absolute Gasteiger partial charge is 0.0430 e. The largest absolute Gasteiger partial charge is 0.318 e. The van der Waals surface area contributed by atoms with E-state index in [0.717, 1.165) is 17.8 Å². The van der Waals surface area contributed by atoms with Crippen LogP contribution in [-0.2, 0) is 0 Å². The number of nitrogens with one attached hydrogen (secondary N) is 1. The van der Waals surface area contributed by atoms with Crippen LogP contribution in [0.4, 0.5) is 0 Å². The summed E-state index contributed by atoms with van der Waals surface area (Å²) in [5, 5.41) is 3.49. The van der Waals surface area contributed by atoms with Crippen molar-refractivity contribution in [2.24, 2.45) is 23.5 Å². The number of hydrogen-bond donors (Lipinski definition) is 2. The van der Waals surface area contributed by atoms with Gasteiger partial charge in [-0.1, -0.05) is 32.6 Å². The van der Waals surface area contributed by atoms with Crippen LogP contribution in [0.3, 0.4) is 0 Å². The van der Waals surface area contributed by atoms with Gasteiger partial charge >= 0.3 is 0 Å². The maximum Gasteiger partial charge on any atom is 0.0430 e. The fourth-order valence-electron chi connectivity index (χ4n) is 3.68. The average molecular weight is 196 g/mol. The number of rotatable bonds is 2. The van der Waals surface area contributed by atoms with E-state index in [0.29, 0.717) is 12.7 Å². The highest BCUT2D eigenvalue weighted by molar-refractivity contribution is 4.89. The molecule has 2 nitrogen and oxygen atoms in total. The first-order valence-corrected chi connectivity index (χ1v) is 6.26. The quantitative estimate of drug-likeness (QED) is 0.664. The van der Waals surface area contributed by atoms with E-state index in [1.807, 2.05) is 0 Å². The Balaban J connectivity index is 2.05. The van der Waals surface area contributed by atoms with E-state index >= 15 is 0 Å². The lowest BCUT2D eigenvalue weighted by Crippen LogP contribution is -2.43. The summed E-state index contributed by atoms with van der Waals surface area (Å²) in [6.07, 6.45) is 8.57. The van der Waals surface area contributed by atoms with Crippen LogP contribution >= 0.6 is 0 Å². The number of nitrogens with two attached hydrogens (primary N) is 1. The molecule has 2 heteroatoms. The molecule has 0 saturated heterocycles. The minimum atomic E-state index is 0.651. The molecule has 0 aromatic carbocycles. The molecule has 2 rings (SSSR count). The zero-order chi connectivity index (χ0) is 9.97. The summed E-state index contributed by atoms with van der Waals surface area (Å²) in [5.74, 6) is 2.84. The molecule has 4 atom stereocenters. The molecule has 0 radical (unpaired) electrons. The first kappa shape index (κ1) is 10.4. The zero-order valence-corrected chi connectivity index (χ0v) is 9.34. The molecule has 0 spiro atoms. The van der Waals surface area contributed by atoms with E-state index in [4.69, 9.17) is 5.73 Å². The maximum atomic E-state index is 5.61. The van der Waals surface area contributed by atoms with Crippen molar-refractivity contribution in [1.29, 1.82) is 0 Å². The Bertz CT molecular complexity index is 181. The van der Waals surface area contributed by atoms with Gasteiger partial charge < -0.3 is 11.1 Å². The van der Waals surface area contributed by atoms with Crippen LogP contribution in [0.1, 0.15) is 45.4 Å². The van der Waals surface area contributed by atoms with E-state index in [9.17, 15) is 0 Å². The Morgan fingerprint density at radius 1 is 1.14 bits per heavy atom. The number of hydrogen-bond acceptors (Lipinski definition) is 2. The Labute approximate surface area is 87.6 Å². The summed E-state index contributed by atoms with van der Waals surface area (Å²) in [6, 6.07) is 0.709. The standard InChI is InChI=1S/C12H24N2/c1-9-10-4-2-6-11(9)12(14-8-13)7-3-5-10/h9-12,14H,2-8,13H2,1H3/t9-,10?,11?,12?/m0/s1. The predicted molar refractivity (Wildman–Crippen MR) is 59.8 cm³/mol. The minimum absolute atomic E-state index is 0.651. The molecule has 0 heterocycles. The summed E-state index contributed by atoms with van der Waals surface area (Å²) < 4.78 is 0. The zero-order valence-electron chi connectivity index (χ0n) is 9.34. The van der Waals surface area contributed by atoms with Crippen molar-refractivity contribution in [2.75, 3.05) is 6.67 Å². The van der Waals surface area contributed by atoms with Crippen LogP contribution in [0.25, 0.3) is 0 Å². The van der Waals surface area contributed by atoms with Gasteiger partial charge in [0.25, 0.3) is 0 Å². The first-order valence-electron chi connectivity index (χ1n) is 6.26. The monoisotopic (exact) mass is 196 g/mol. The van der Waals surface area contributed by atoms with Crippen molar-refractivity contribution in [3.05, 3.63) is 0 Å². The Morgan fingerprint density at radius 2 is 1.86 bits per heavy atom. The van der Waals surface area contributed by atoms with Gasteiger partial charge in [0, 0.05) is 12.7 Å². The molecular weight excluding hydrogens is 172 g/mol.